The number of rotatable bonds is 10. The maximum absolute atomic E-state index is 13.9. The van der Waals surface area contributed by atoms with Crippen molar-refractivity contribution in [2.45, 2.75) is 62.1 Å². The molecule has 41 heavy (non-hydrogen) atoms. The Kier molecular flexibility index (Phi) is 8.55. The van der Waals surface area contributed by atoms with Gasteiger partial charge in [0.2, 0.25) is 10.0 Å². The van der Waals surface area contributed by atoms with E-state index in [0.29, 0.717) is 24.7 Å². The fourth-order valence-electron chi connectivity index (χ4n) is 6.06. The van der Waals surface area contributed by atoms with Crippen molar-refractivity contribution >= 4 is 21.9 Å². The molecule has 0 aliphatic carbocycles. The molecule has 0 spiro atoms. The molecule has 4 heterocycles. The van der Waals surface area contributed by atoms with Crippen molar-refractivity contribution < 1.29 is 13.2 Å². The zero-order chi connectivity index (χ0) is 28.2. The zero-order valence-corrected chi connectivity index (χ0v) is 24.3. The Bertz CT molecular complexity index is 1540. The van der Waals surface area contributed by atoms with Gasteiger partial charge in [0.1, 0.15) is 12.2 Å². The summed E-state index contributed by atoms with van der Waals surface area (Å²) in [6.45, 7) is 4.08. The third-order valence-electron chi connectivity index (χ3n) is 8.42. The Labute approximate surface area is 242 Å². The van der Waals surface area contributed by atoms with Crippen LogP contribution in [0.2, 0.25) is 0 Å². The molecule has 0 bridgehead atoms. The Hall–Kier alpha value is -3.02. The third kappa shape index (κ3) is 6.27. The second kappa shape index (κ2) is 12.5. The van der Waals surface area contributed by atoms with Crippen LogP contribution in [0.15, 0.2) is 64.5 Å². The number of nitrogens with one attached hydrogen (secondary N) is 2. The summed E-state index contributed by atoms with van der Waals surface area (Å²) in [6.07, 6.45) is 7.93. The maximum Gasteiger partial charge on any atom is 0.243 e. The molecular weight excluding hydrogens is 536 g/mol. The summed E-state index contributed by atoms with van der Waals surface area (Å²) >= 11 is 0. The van der Waals surface area contributed by atoms with Crippen LogP contribution in [-0.2, 0) is 21.3 Å². The van der Waals surface area contributed by atoms with Crippen molar-refractivity contribution in [2.75, 3.05) is 37.8 Å². The number of hydrogen-bond acceptors (Lipinski definition) is 7. The number of H-pyrrole nitrogens is 1. The highest BCUT2D eigenvalue weighted by atomic mass is 32.2. The monoisotopic (exact) mass is 576 g/mol. The predicted octanol–water partition coefficient (Wildman–Crippen LogP) is 2.68. The van der Waals surface area contributed by atoms with Crippen LogP contribution >= 0.6 is 0 Å². The number of aromatic nitrogens is 1. The minimum absolute atomic E-state index is 0.0205. The van der Waals surface area contributed by atoms with Crippen molar-refractivity contribution in [1.29, 1.82) is 0 Å². The topological polar surface area (TPSA) is 116 Å². The molecule has 2 saturated heterocycles. The average Bonchev–Trinajstić information content (AvgIpc) is 3.70. The number of benzene rings is 2. The van der Waals surface area contributed by atoms with E-state index in [1.165, 1.54) is 0 Å². The van der Waals surface area contributed by atoms with Gasteiger partial charge in [0, 0.05) is 48.5 Å². The number of piperidine rings is 1. The smallest absolute Gasteiger partial charge is 0.243 e. The molecule has 0 saturated carbocycles. The van der Waals surface area contributed by atoms with Gasteiger partial charge in [-0.25, -0.2) is 13.4 Å². The fourth-order valence-corrected chi connectivity index (χ4v) is 7.79. The van der Waals surface area contributed by atoms with Gasteiger partial charge in [-0.3, -0.25) is 0 Å². The molecule has 3 aromatic rings. The van der Waals surface area contributed by atoms with Crippen LogP contribution in [0, 0.1) is 0 Å². The molecule has 1 unspecified atom stereocenters. The summed E-state index contributed by atoms with van der Waals surface area (Å²) in [5.74, 6) is 0. The number of sulfonamides is 1. The molecule has 2 fully saturated rings. The first kappa shape index (κ1) is 28.1. The van der Waals surface area contributed by atoms with E-state index >= 15 is 0 Å². The lowest BCUT2D eigenvalue weighted by atomic mass is 10.1. The zero-order valence-electron chi connectivity index (χ0n) is 23.5. The summed E-state index contributed by atoms with van der Waals surface area (Å²) in [4.78, 5) is 10.6. The molecule has 4 N–H and O–H groups in total. The maximum atomic E-state index is 13.9. The molecule has 9 nitrogen and oxygen atoms in total. The van der Waals surface area contributed by atoms with Crippen molar-refractivity contribution in [3.8, 4) is 11.3 Å². The van der Waals surface area contributed by atoms with Crippen molar-refractivity contribution in [3.05, 3.63) is 70.9 Å². The highest BCUT2D eigenvalue weighted by Gasteiger charge is 2.32. The van der Waals surface area contributed by atoms with E-state index in [0.717, 1.165) is 91.4 Å². The molecule has 2 aromatic carbocycles. The second-order valence-electron chi connectivity index (χ2n) is 11.2. The number of fused-ring (bicyclic) bond motifs is 1. The number of anilines is 1. The van der Waals surface area contributed by atoms with E-state index in [1.807, 2.05) is 24.3 Å². The van der Waals surface area contributed by atoms with E-state index in [4.69, 9.17) is 15.5 Å². The predicted molar refractivity (Wildman–Crippen MR) is 161 cm³/mol. The summed E-state index contributed by atoms with van der Waals surface area (Å²) in [5.41, 5.74) is 10.5. The van der Waals surface area contributed by atoms with Crippen LogP contribution < -0.4 is 26.7 Å². The van der Waals surface area contributed by atoms with E-state index < -0.39 is 10.0 Å². The number of nitrogens with zero attached hydrogens (tertiary/aromatic N) is 3. The first-order valence-electron chi connectivity index (χ1n) is 14.8. The molecule has 1 atom stereocenters. The molecule has 3 aliphatic heterocycles. The molecule has 1 aromatic heterocycles. The van der Waals surface area contributed by atoms with E-state index in [1.54, 1.807) is 16.4 Å². The number of hydrogen-bond donors (Lipinski definition) is 3. The lowest BCUT2D eigenvalue weighted by molar-refractivity contribution is 0.0997. The number of aromatic amines is 1. The van der Waals surface area contributed by atoms with Crippen LogP contribution in [0.1, 0.15) is 44.1 Å². The van der Waals surface area contributed by atoms with Crippen molar-refractivity contribution in [3.63, 3.8) is 0 Å². The standard InChI is InChI=1S/C31H40N6O3S/c32-20-23-5-9-26(10-6-23)36-21-25-19-30(35-31(25)34-22-36)24-7-11-29(12-8-24)41(38,39)37(27-13-15-33-16-14-27)17-1-3-28-4-2-18-40-28/h5-12,19,21,27-28,33H,1-4,13-18,20,22,32H2,(H,34,35). The minimum Gasteiger partial charge on any atom is -0.378 e. The molecule has 0 radical (unpaired) electrons. The molecule has 0 amide bonds. The molecule has 3 aliphatic rings. The van der Waals surface area contributed by atoms with E-state index in [2.05, 4.69) is 39.6 Å². The van der Waals surface area contributed by atoms with Gasteiger partial charge in [0.05, 0.1) is 11.0 Å². The van der Waals surface area contributed by atoms with Gasteiger partial charge in [-0.05, 0) is 93.1 Å². The molecular formula is C31H40N6O3S. The van der Waals surface area contributed by atoms with Crippen LogP contribution in [0.3, 0.4) is 0 Å². The quantitative estimate of drug-likeness (QED) is 0.342. The first-order valence-corrected chi connectivity index (χ1v) is 16.2. The lowest BCUT2D eigenvalue weighted by Gasteiger charge is -2.34. The highest BCUT2D eigenvalue weighted by Crippen LogP contribution is 2.27. The minimum atomic E-state index is -3.63. The van der Waals surface area contributed by atoms with E-state index in [9.17, 15) is 8.42 Å². The molecule has 6 rings (SSSR count). The summed E-state index contributed by atoms with van der Waals surface area (Å²) in [5, 5.41) is 4.36. The Morgan fingerprint density at radius 2 is 1.83 bits per heavy atom. The summed E-state index contributed by atoms with van der Waals surface area (Å²) in [7, 11) is -3.63. The van der Waals surface area contributed by atoms with Crippen LogP contribution in [-0.4, -0.2) is 62.8 Å². The SMILES string of the molecule is NCc1ccc(N2C=c3cc(-c4ccc(S(=O)(=O)N(CCCC5CCCO5)C5CCNCC5)cc4)[nH]c3=NC2)cc1. The average molecular weight is 577 g/mol. The van der Waals surface area contributed by atoms with Gasteiger partial charge in [-0.1, -0.05) is 24.3 Å². The van der Waals surface area contributed by atoms with Crippen molar-refractivity contribution in [1.82, 2.24) is 14.6 Å². The summed E-state index contributed by atoms with van der Waals surface area (Å²) in [6, 6.07) is 17.5. The third-order valence-corrected chi connectivity index (χ3v) is 10.4. The highest BCUT2D eigenvalue weighted by molar-refractivity contribution is 7.89. The fraction of sp³-hybridized carbons (Fsp3) is 0.452. The van der Waals surface area contributed by atoms with Gasteiger partial charge in [0.15, 0.2) is 0 Å². The normalized spacial score (nSPS) is 19.7. The van der Waals surface area contributed by atoms with Gasteiger partial charge < -0.3 is 25.7 Å². The number of ether oxygens (including phenoxy) is 1. The molecule has 10 heteroatoms. The lowest BCUT2D eigenvalue weighted by Crippen LogP contribution is -2.46. The van der Waals surface area contributed by atoms with Gasteiger partial charge in [-0.15, -0.1) is 0 Å². The Balaban J connectivity index is 1.20. The van der Waals surface area contributed by atoms with Crippen LogP contribution in [0.5, 0.6) is 0 Å². The number of nitrogens with two attached hydrogens (primary N) is 1. The Morgan fingerprint density at radius 3 is 2.54 bits per heavy atom. The van der Waals surface area contributed by atoms with Crippen LogP contribution in [0.4, 0.5) is 5.69 Å². The van der Waals surface area contributed by atoms with Crippen LogP contribution in [0.25, 0.3) is 17.5 Å². The van der Waals surface area contributed by atoms with Gasteiger partial charge in [0.25, 0.3) is 0 Å². The second-order valence-corrected chi connectivity index (χ2v) is 13.0. The molecule has 218 valence electrons. The van der Waals surface area contributed by atoms with Crippen molar-refractivity contribution in [2.24, 2.45) is 10.7 Å². The largest absolute Gasteiger partial charge is 0.378 e. The van der Waals surface area contributed by atoms with Gasteiger partial charge in [-0.2, -0.15) is 4.31 Å². The first-order chi connectivity index (χ1) is 20.0. The summed E-state index contributed by atoms with van der Waals surface area (Å²) < 4.78 is 35.4. The Morgan fingerprint density at radius 1 is 1.05 bits per heavy atom. The van der Waals surface area contributed by atoms with E-state index in [-0.39, 0.29) is 12.1 Å². The van der Waals surface area contributed by atoms with Gasteiger partial charge >= 0.3 is 0 Å².